The average molecular weight is 244 g/mol. The number of carboxylic acids is 1. The first-order valence-electron chi connectivity index (χ1n) is 5.29. The van der Waals surface area contributed by atoms with E-state index in [0.717, 1.165) is 0 Å². The maximum Gasteiger partial charge on any atom is 0.335 e. The second-order valence-corrected chi connectivity index (χ2v) is 3.80. The SMILES string of the molecule is Cc1cc(Oc2ccc(N)nc2)ccc1C(=O)O. The first kappa shape index (κ1) is 11.9. The number of benzene rings is 1. The lowest BCUT2D eigenvalue weighted by atomic mass is 10.1. The highest BCUT2D eigenvalue weighted by molar-refractivity contribution is 5.89. The van der Waals surface area contributed by atoms with Crippen LogP contribution in [0.25, 0.3) is 0 Å². The molecule has 5 heteroatoms. The number of nitrogen functional groups attached to an aromatic ring is 1. The molecule has 3 N–H and O–H groups in total. The molecule has 0 unspecified atom stereocenters. The van der Waals surface area contributed by atoms with Gasteiger partial charge >= 0.3 is 5.97 Å². The molecule has 0 saturated carbocycles. The second kappa shape index (κ2) is 4.75. The molecular weight excluding hydrogens is 232 g/mol. The Bertz CT molecular complexity index is 579. The van der Waals surface area contributed by atoms with Gasteiger partial charge in [0.1, 0.15) is 17.3 Å². The van der Waals surface area contributed by atoms with E-state index in [0.29, 0.717) is 22.9 Å². The molecule has 1 aromatic carbocycles. The lowest BCUT2D eigenvalue weighted by Gasteiger charge is -2.07. The van der Waals surface area contributed by atoms with Crippen molar-refractivity contribution in [1.29, 1.82) is 0 Å². The first-order chi connectivity index (χ1) is 8.56. The molecule has 0 aliphatic heterocycles. The minimum Gasteiger partial charge on any atom is -0.478 e. The van der Waals surface area contributed by atoms with Crippen molar-refractivity contribution in [3.05, 3.63) is 47.7 Å². The fraction of sp³-hybridized carbons (Fsp3) is 0.0769. The summed E-state index contributed by atoms with van der Waals surface area (Å²) in [5.74, 6) is 0.573. The number of nitrogens with zero attached hydrogens (tertiary/aromatic N) is 1. The molecule has 0 saturated heterocycles. The highest BCUT2D eigenvalue weighted by atomic mass is 16.5. The molecule has 92 valence electrons. The Morgan fingerprint density at radius 2 is 2.00 bits per heavy atom. The maximum atomic E-state index is 10.9. The van der Waals surface area contributed by atoms with Gasteiger partial charge in [-0.1, -0.05) is 0 Å². The van der Waals surface area contributed by atoms with Crippen molar-refractivity contribution < 1.29 is 14.6 Å². The normalized spacial score (nSPS) is 10.1. The quantitative estimate of drug-likeness (QED) is 0.866. The fourth-order valence-corrected chi connectivity index (χ4v) is 1.53. The largest absolute Gasteiger partial charge is 0.478 e. The summed E-state index contributed by atoms with van der Waals surface area (Å²) >= 11 is 0. The molecule has 0 bridgehead atoms. The van der Waals surface area contributed by atoms with E-state index in [9.17, 15) is 4.79 Å². The average Bonchev–Trinajstić information content (AvgIpc) is 2.32. The number of aromatic nitrogens is 1. The number of aryl methyl sites for hydroxylation is 1. The number of aromatic carboxylic acids is 1. The minimum atomic E-state index is -0.951. The summed E-state index contributed by atoms with van der Waals surface area (Å²) in [6.07, 6.45) is 1.51. The Morgan fingerprint density at radius 3 is 2.56 bits per heavy atom. The van der Waals surface area contributed by atoms with E-state index in [4.69, 9.17) is 15.6 Å². The fourth-order valence-electron chi connectivity index (χ4n) is 1.53. The molecule has 0 aliphatic rings. The van der Waals surface area contributed by atoms with Crippen LogP contribution in [0.1, 0.15) is 15.9 Å². The van der Waals surface area contributed by atoms with Crippen LogP contribution in [0.5, 0.6) is 11.5 Å². The van der Waals surface area contributed by atoms with Crippen LogP contribution in [0.15, 0.2) is 36.5 Å². The van der Waals surface area contributed by atoms with Gasteiger partial charge in [-0.3, -0.25) is 0 Å². The van der Waals surface area contributed by atoms with Gasteiger partial charge in [0.05, 0.1) is 11.8 Å². The van der Waals surface area contributed by atoms with Crippen molar-refractivity contribution in [3.63, 3.8) is 0 Å². The molecule has 0 radical (unpaired) electrons. The van der Waals surface area contributed by atoms with E-state index in [2.05, 4.69) is 4.98 Å². The zero-order chi connectivity index (χ0) is 13.1. The maximum absolute atomic E-state index is 10.9. The van der Waals surface area contributed by atoms with Gasteiger partial charge in [0, 0.05) is 0 Å². The Balaban J connectivity index is 2.22. The van der Waals surface area contributed by atoms with Crippen molar-refractivity contribution in [1.82, 2.24) is 4.98 Å². The van der Waals surface area contributed by atoms with Crippen LogP contribution in [0.2, 0.25) is 0 Å². The monoisotopic (exact) mass is 244 g/mol. The zero-order valence-corrected chi connectivity index (χ0v) is 9.75. The first-order valence-corrected chi connectivity index (χ1v) is 5.29. The third kappa shape index (κ3) is 2.57. The highest BCUT2D eigenvalue weighted by Crippen LogP contribution is 2.23. The Morgan fingerprint density at radius 1 is 1.28 bits per heavy atom. The van der Waals surface area contributed by atoms with Crippen LogP contribution in [-0.4, -0.2) is 16.1 Å². The number of ether oxygens (including phenoxy) is 1. The third-order valence-corrected chi connectivity index (χ3v) is 2.42. The van der Waals surface area contributed by atoms with E-state index in [1.807, 2.05) is 0 Å². The molecule has 0 aliphatic carbocycles. The third-order valence-electron chi connectivity index (χ3n) is 2.42. The molecule has 0 spiro atoms. The van der Waals surface area contributed by atoms with Gasteiger partial charge in [-0.05, 0) is 42.8 Å². The molecular formula is C13H12N2O3. The summed E-state index contributed by atoms with van der Waals surface area (Å²) in [6.45, 7) is 1.72. The van der Waals surface area contributed by atoms with E-state index in [1.165, 1.54) is 12.3 Å². The number of pyridine rings is 1. The van der Waals surface area contributed by atoms with Gasteiger partial charge in [0.15, 0.2) is 0 Å². The number of rotatable bonds is 3. The smallest absolute Gasteiger partial charge is 0.335 e. The van der Waals surface area contributed by atoms with Crippen molar-refractivity contribution in [2.75, 3.05) is 5.73 Å². The van der Waals surface area contributed by atoms with Gasteiger partial charge in [-0.2, -0.15) is 0 Å². The summed E-state index contributed by atoms with van der Waals surface area (Å²) in [4.78, 5) is 14.8. The van der Waals surface area contributed by atoms with Gasteiger partial charge < -0.3 is 15.6 Å². The summed E-state index contributed by atoms with van der Waals surface area (Å²) < 4.78 is 5.54. The Hall–Kier alpha value is -2.56. The van der Waals surface area contributed by atoms with Crippen molar-refractivity contribution in [3.8, 4) is 11.5 Å². The molecule has 0 fully saturated rings. The summed E-state index contributed by atoms with van der Waals surface area (Å²) in [6, 6.07) is 8.11. The van der Waals surface area contributed by atoms with Crippen LogP contribution in [0, 0.1) is 6.92 Å². The molecule has 18 heavy (non-hydrogen) atoms. The number of hydrogen-bond donors (Lipinski definition) is 2. The highest BCUT2D eigenvalue weighted by Gasteiger charge is 2.08. The van der Waals surface area contributed by atoms with Gasteiger partial charge in [0.25, 0.3) is 0 Å². The standard InChI is InChI=1S/C13H12N2O3/c1-8-6-9(2-4-11(8)13(16)17)18-10-3-5-12(14)15-7-10/h2-7H,1H3,(H2,14,15)(H,16,17). The molecule has 2 rings (SSSR count). The number of anilines is 1. The van der Waals surface area contributed by atoms with E-state index in [-0.39, 0.29) is 5.56 Å². The minimum absolute atomic E-state index is 0.262. The lowest BCUT2D eigenvalue weighted by Crippen LogP contribution is -1.99. The van der Waals surface area contributed by atoms with Gasteiger partial charge in [-0.25, -0.2) is 9.78 Å². The molecule has 0 amide bonds. The zero-order valence-electron chi connectivity index (χ0n) is 9.75. The van der Waals surface area contributed by atoms with E-state index >= 15 is 0 Å². The Kier molecular flexibility index (Phi) is 3.14. The predicted octanol–water partition coefficient (Wildman–Crippen LogP) is 2.46. The number of nitrogens with two attached hydrogens (primary N) is 1. The second-order valence-electron chi connectivity index (χ2n) is 3.80. The topological polar surface area (TPSA) is 85.4 Å². The van der Waals surface area contributed by atoms with E-state index < -0.39 is 5.97 Å². The molecule has 1 heterocycles. The molecule has 2 aromatic rings. The Labute approximate surface area is 104 Å². The van der Waals surface area contributed by atoms with Crippen LogP contribution < -0.4 is 10.5 Å². The summed E-state index contributed by atoms with van der Waals surface area (Å²) in [5.41, 5.74) is 6.37. The lowest BCUT2D eigenvalue weighted by molar-refractivity contribution is 0.0696. The van der Waals surface area contributed by atoms with Crippen LogP contribution in [0.3, 0.4) is 0 Å². The van der Waals surface area contributed by atoms with Crippen molar-refractivity contribution >= 4 is 11.8 Å². The van der Waals surface area contributed by atoms with Gasteiger partial charge in [0.2, 0.25) is 0 Å². The van der Waals surface area contributed by atoms with Crippen LogP contribution >= 0.6 is 0 Å². The number of carboxylic acid groups (broad SMARTS) is 1. The summed E-state index contributed by atoms with van der Waals surface area (Å²) in [7, 11) is 0. The van der Waals surface area contributed by atoms with E-state index in [1.54, 1.807) is 31.2 Å². The van der Waals surface area contributed by atoms with Crippen molar-refractivity contribution in [2.45, 2.75) is 6.92 Å². The molecule has 5 nitrogen and oxygen atoms in total. The van der Waals surface area contributed by atoms with Gasteiger partial charge in [-0.15, -0.1) is 0 Å². The van der Waals surface area contributed by atoms with Crippen molar-refractivity contribution in [2.24, 2.45) is 0 Å². The predicted molar refractivity (Wildman–Crippen MR) is 66.9 cm³/mol. The number of hydrogen-bond acceptors (Lipinski definition) is 4. The molecule has 1 aromatic heterocycles. The number of carbonyl (C=O) groups is 1. The van der Waals surface area contributed by atoms with Crippen LogP contribution in [-0.2, 0) is 0 Å². The molecule has 0 atom stereocenters. The summed E-state index contributed by atoms with van der Waals surface area (Å²) in [5, 5.41) is 8.91. The van der Waals surface area contributed by atoms with Crippen LogP contribution in [0.4, 0.5) is 5.82 Å².